The fourth-order valence-electron chi connectivity index (χ4n) is 1.74. The van der Waals surface area contributed by atoms with Crippen molar-refractivity contribution in [2.24, 2.45) is 10.7 Å². The zero-order valence-electron chi connectivity index (χ0n) is 9.75. The van der Waals surface area contributed by atoms with Gasteiger partial charge in [-0.25, -0.2) is 4.79 Å². The minimum Gasteiger partial charge on any atom is -0.465 e. The normalized spacial score (nSPS) is 18.6. The maximum absolute atomic E-state index is 11.6. The number of ether oxygens (including phenoxy) is 1. The van der Waals surface area contributed by atoms with Crippen LogP contribution in [0.4, 0.5) is 0 Å². The molecule has 0 saturated heterocycles. The smallest absolute Gasteiger partial charge is 0.338 e. The molecular formula is C12H12N2O3S. The summed E-state index contributed by atoms with van der Waals surface area (Å²) in [4.78, 5) is 26.8. The summed E-state index contributed by atoms with van der Waals surface area (Å²) in [5, 5.41) is -0.0728. The maximum Gasteiger partial charge on any atom is 0.338 e. The Labute approximate surface area is 108 Å². The summed E-state index contributed by atoms with van der Waals surface area (Å²) in [5.41, 5.74) is 6.73. The van der Waals surface area contributed by atoms with Crippen LogP contribution in [0, 0.1) is 0 Å². The zero-order chi connectivity index (χ0) is 13.1. The van der Waals surface area contributed by atoms with E-state index in [1.165, 1.54) is 18.9 Å². The lowest BCUT2D eigenvalue weighted by atomic mass is 10.0. The van der Waals surface area contributed by atoms with Crippen LogP contribution in [0.15, 0.2) is 29.3 Å². The number of hydrogen-bond donors (Lipinski definition) is 1. The van der Waals surface area contributed by atoms with Crippen LogP contribution in [0.2, 0.25) is 0 Å². The minimum absolute atomic E-state index is 0.253. The molecule has 1 atom stereocenters. The summed E-state index contributed by atoms with van der Waals surface area (Å²) < 4.78 is 4.71. The number of carbonyl (C=O) groups is 2. The van der Waals surface area contributed by atoms with Crippen molar-refractivity contribution in [2.75, 3.05) is 7.11 Å². The molecule has 1 aliphatic heterocycles. The molecule has 2 N–H and O–H groups in total. The van der Waals surface area contributed by atoms with E-state index >= 15 is 0 Å². The molecule has 0 fully saturated rings. The van der Waals surface area contributed by atoms with Gasteiger partial charge in [-0.15, -0.1) is 0 Å². The molecule has 2 rings (SSSR count). The second-order valence-corrected chi connectivity index (χ2v) is 4.97. The summed E-state index contributed by atoms with van der Waals surface area (Å²) in [6.45, 7) is 0. The van der Waals surface area contributed by atoms with Gasteiger partial charge in [-0.1, -0.05) is 30.0 Å². The lowest BCUT2D eigenvalue weighted by Crippen LogP contribution is -2.17. The van der Waals surface area contributed by atoms with Crippen LogP contribution in [0.5, 0.6) is 0 Å². The molecule has 1 aliphatic rings. The molecular weight excluding hydrogens is 252 g/mol. The summed E-state index contributed by atoms with van der Waals surface area (Å²) in [6, 6.07) is 7.05. The topological polar surface area (TPSA) is 81.8 Å². The predicted molar refractivity (Wildman–Crippen MR) is 69.5 cm³/mol. The van der Waals surface area contributed by atoms with E-state index in [1.54, 1.807) is 18.2 Å². The largest absolute Gasteiger partial charge is 0.465 e. The van der Waals surface area contributed by atoms with Crippen LogP contribution in [0.25, 0.3) is 0 Å². The number of benzene rings is 1. The number of nitrogens with zero attached hydrogens (tertiary/aromatic N) is 1. The SMILES string of the molecule is COC(=O)c1ccccc1C[C@@H]1SC(N)=NC1=O. The summed E-state index contributed by atoms with van der Waals surface area (Å²) >= 11 is 1.22. The van der Waals surface area contributed by atoms with Crippen molar-refractivity contribution in [2.45, 2.75) is 11.7 Å². The van der Waals surface area contributed by atoms with E-state index in [4.69, 9.17) is 10.5 Å². The maximum atomic E-state index is 11.6. The third kappa shape index (κ3) is 2.53. The van der Waals surface area contributed by atoms with Gasteiger partial charge in [-0.2, -0.15) is 4.99 Å². The first-order valence-electron chi connectivity index (χ1n) is 5.32. The Bertz CT molecular complexity index is 528. The number of rotatable bonds is 3. The van der Waals surface area contributed by atoms with Crippen molar-refractivity contribution >= 4 is 28.8 Å². The molecule has 0 aliphatic carbocycles. The van der Waals surface area contributed by atoms with Gasteiger partial charge < -0.3 is 10.5 Å². The van der Waals surface area contributed by atoms with Crippen molar-refractivity contribution < 1.29 is 14.3 Å². The summed E-state index contributed by atoms with van der Waals surface area (Å²) in [7, 11) is 1.33. The van der Waals surface area contributed by atoms with Crippen molar-refractivity contribution in [1.29, 1.82) is 0 Å². The lowest BCUT2D eigenvalue weighted by molar-refractivity contribution is -0.117. The first-order chi connectivity index (χ1) is 8.61. The Morgan fingerprint density at radius 2 is 2.22 bits per heavy atom. The number of carbonyl (C=O) groups excluding carboxylic acids is 2. The molecule has 0 spiro atoms. The highest BCUT2D eigenvalue weighted by molar-refractivity contribution is 8.15. The Hall–Kier alpha value is -1.82. The Kier molecular flexibility index (Phi) is 3.66. The second-order valence-electron chi connectivity index (χ2n) is 3.75. The number of methoxy groups -OCH3 is 1. The fraction of sp³-hybridized carbons (Fsp3) is 0.250. The molecule has 1 aromatic carbocycles. The average molecular weight is 264 g/mol. The standard InChI is InChI=1S/C12H12N2O3S/c1-17-11(16)8-5-3-2-4-7(8)6-9-10(15)14-12(13)18-9/h2-5,9H,6H2,1H3,(H2,13,14,15)/t9-/m0/s1. The summed E-state index contributed by atoms with van der Waals surface area (Å²) in [6.07, 6.45) is 0.416. The van der Waals surface area contributed by atoms with Crippen LogP contribution in [0.1, 0.15) is 15.9 Å². The molecule has 0 bridgehead atoms. The van der Waals surface area contributed by atoms with Crippen molar-refractivity contribution in [3.63, 3.8) is 0 Å². The number of esters is 1. The number of amides is 1. The molecule has 0 unspecified atom stereocenters. The number of aliphatic imine (C=N–C) groups is 1. The van der Waals surface area contributed by atoms with E-state index in [2.05, 4.69) is 4.99 Å². The fourth-order valence-corrected chi connectivity index (χ4v) is 2.59. The molecule has 0 aromatic heterocycles. The van der Waals surface area contributed by atoms with Crippen LogP contribution in [-0.4, -0.2) is 29.4 Å². The Morgan fingerprint density at radius 1 is 1.50 bits per heavy atom. The van der Waals surface area contributed by atoms with Gasteiger partial charge in [0.05, 0.1) is 17.9 Å². The van der Waals surface area contributed by atoms with Gasteiger partial charge in [0.2, 0.25) is 0 Å². The van der Waals surface area contributed by atoms with Gasteiger partial charge in [0.15, 0.2) is 5.17 Å². The number of thioether (sulfide) groups is 1. The third-order valence-electron chi connectivity index (χ3n) is 2.59. The van der Waals surface area contributed by atoms with Crippen molar-refractivity contribution in [1.82, 2.24) is 0 Å². The van der Waals surface area contributed by atoms with E-state index in [9.17, 15) is 9.59 Å². The second kappa shape index (κ2) is 5.22. The van der Waals surface area contributed by atoms with Crippen LogP contribution in [-0.2, 0) is 16.0 Å². The Balaban J connectivity index is 2.20. The van der Waals surface area contributed by atoms with E-state index < -0.39 is 5.97 Å². The first-order valence-corrected chi connectivity index (χ1v) is 6.20. The van der Waals surface area contributed by atoms with Gasteiger partial charge in [-0.3, -0.25) is 4.79 Å². The molecule has 18 heavy (non-hydrogen) atoms. The molecule has 94 valence electrons. The van der Waals surface area contributed by atoms with Crippen molar-refractivity contribution in [3.05, 3.63) is 35.4 Å². The average Bonchev–Trinajstić information content (AvgIpc) is 2.67. The van der Waals surface area contributed by atoms with Gasteiger partial charge >= 0.3 is 5.97 Å². The predicted octanol–water partition coefficient (Wildman–Crippen LogP) is 0.972. The zero-order valence-corrected chi connectivity index (χ0v) is 10.6. The first kappa shape index (κ1) is 12.6. The van der Waals surface area contributed by atoms with E-state index in [0.717, 1.165) is 5.56 Å². The highest BCUT2D eigenvalue weighted by Crippen LogP contribution is 2.25. The Morgan fingerprint density at radius 3 is 2.83 bits per heavy atom. The highest BCUT2D eigenvalue weighted by Gasteiger charge is 2.28. The van der Waals surface area contributed by atoms with E-state index in [1.807, 2.05) is 6.07 Å². The quantitative estimate of drug-likeness (QED) is 0.823. The molecule has 1 heterocycles. The van der Waals surface area contributed by atoms with Crippen LogP contribution < -0.4 is 5.73 Å². The van der Waals surface area contributed by atoms with Gasteiger partial charge in [0.1, 0.15) is 0 Å². The summed E-state index contributed by atoms with van der Waals surface area (Å²) in [5.74, 6) is -0.660. The van der Waals surface area contributed by atoms with Gasteiger partial charge in [0, 0.05) is 0 Å². The number of nitrogens with two attached hydrogens (primary N) is 1. The monoisotopic (exact) mass is 264 g/mol. The molecule has 0 radical (unpaired) electrons. The number of amidine groups is 1. The molecule has 6 heteroatoms. The van der Waals surface area contributed by atoms with Gasteiger partial charge in [-0.05, 0) is 18.1 Å². The molecule has 1 aromatic rings. The number of hydrogen-bond acceptors (Lipinski definition) is 5. The van der Waals surface area contributed by atoms with E-state index in [-0.39, 0.29) is 16.3 Å². The van der Waals surface area contributed by atoms with Crippen LogP contribution >= 0.6 is 11.8 Å². The van der Waals surface area contributed by atoms with E-state index in [0.29, 0.717) is 12.0 Å². The van der Waals surface area contributed by atoms with Crippen molar-refractivity contribution in [3.8, 4) is 0 Å². The minimum atomic E-state index is -0.407. The highest BCUT2D eigenvalue weighted by atomic mass is 32.2. The molecule has 0 saturated carbocycles. The molecule has 5 nitrogen and oxygen atoms in total. The van der Waals surface area contributed by atoms with Gasteiger partial charge in [0.25, 0.3) is 5.91 Å². The van der Waals surface area contributed by atoms with Crippen LogP contribution in [0.3, 0.4) is 0 Å². The molecule has 1 amide bonds. The lowest BCUT2D eigenvalue weighted by Gasteiger charge is -2.10. The third-order valence-corrected chi connectivity index (χ3v) is 3.57.